The topological polar surface area (TPSA) is 46.8 Å². The van der Waals surface area contributed by atoms with Crippen LogP contribution in [0.25, 0.3) is 0 Å². The summed E-state index contributed by atoms with van der Waals surface area (Å²) in [6.07, 6.45) is 9.91. The molecule has 0 saturated carbocycles. The fourth-order valence-electron chi connectivity index (χ4n) is 3.12. The minimum atomic E-state index is 0.463. The van der Waals surface area contributed by atoms with Crippen molar-refractivity contribution in [2.24, 2.45) is 0 Å². The summed E-state index contributed by atoms with van der Waals surface area (Å²) in [5.74, 6) is 1.68. The van der Waals surface area contributed by atoms with Crippen LogP contribution in [0.3, 0.4) is 0 Å². The van der Waals surface area contributed by atoms with Crippen molar-refractivity contribution < 1.29 is 0 Å². The first kappa shape index (κ1) is 14.2. The molecule has 5 heteroatoms. The lowest BCUT2D eigenvalue weighted by Gasteiger charge is -2.32. The monoisotopic (exact) mass is 285 g/mol. The number of nitrogens with zero attached hydrogens (tertiary/aromatic N) is 5. The van der Waals surface area contributed by atoms with Gasteiger partial charge in [0, 0.05) is 42.8 Å². The molecule has 1 fully saturated rings. The van der Waals surface area contributed by atoms with Crippen LogP contribution >= 0.6 is 0 Å². The first-order valence-corrected chi connectivity index (χ1v) is 7.74. The van der Waals surface area contributed by atoms with Crippen LogP contribution in [-0.2, 0) is 6.54 Å². The molecule has 3 rings (SSSR count). The normalized spacial score (nSPS) is 20.0. The molecular weight excluding hydrogens is 262 g/mol. The molecule has 0 amide bonds. The summed E-state index contributed by atoms with van der Waals surface area (Å²) >= 11 is 0. The molecule has 5 nitrogen and oxygen atoms in total. The molecule has 2 aromatic heterocycles. The van der Waals surface area contributed by atoms with Gasteiger partial charge in [-0.15, -0.1) is 0 Å². The van der Waals surface area contributed by atoms with Gasteiger partial charge in [-0.2, -0.15) is 0 Å². The number of hydrogen-bond acceptors (Lipinski definition) is 4. The fourth-order valence-corrected chi connectivity index (χ4v) is 3.12. The summed E-state index contributed by atoms with van der Waals surface area (Å²) in [6.45, 7) is 7.53. The highest BCUT2D eigenvalue weighted by Crippen LogP contribution is 2.26. The molecule has 1 atom stereocenters. The van der Waals surface area contributed by atoms with Crippen LogP contribution in [-0.4, -0.2) is 37.5 Å². The lowest BCUT2D eigenvalue weighted by Crippen LogP contribution is -2.35. The van der Waals surface area contributed by atoms with Gasteiger partial charge in [0.25, 0.3) is 0 Å². The van der Waals surface area contributed by atoms with Crippen LogP contribution in [0.4, 0.5) is 0 Å². The number of hydrogen-bond donors (Lipinski definition) is 0. The van der Waals surface area contributed by atoms with E-state index in [1.165, 1.54) is 18.5 Å². The van der Waals surface area contributed by atoms with Gasteiger partial charge in [-0.05, 0) is 39.3 Å². The molecule has 112 valence electrons. The van der Waals surface area contributed by atoms with Gasteiger partial charge >= 0.3 is 0 Å². The van der Waals surface area contributed by atoms with E-state index in [9.17, 15) is 0 Å². The van der Waals surface area contributed by atoms with Crippen molar-refractivity contribution in [3.63, 3.8) is 0 Å². The summed E-state index contributed by atoms with van der Waals surface area (Å²) in [7, 11) is 0. The van der Waals surface area contributed by atoms with E-state index in [-0.39, 0.29) is 0 Å². The van der Waals surface area contributed by atoms with E-state index in [0.29, 0.717) is 12.0 Å². The second-order valence-corrected chi connectivity index (χ2v) is 6.05. The Labute approximate surface area is 126 Å². The molecule has 1 aliphatic rings. The number of aromatic nitrogens is 4. The highest BCUT2D eigenvalue weighted by molar-refractivity contribution is 5.08. The van der Waals surface area contributed by atoms with Crippen LogP contribution in [0.5, 0.6) is 0 Å². The zero-order valence-corrected chi connectivity index (χ0v) is 12.8. The van der Waals surface area contributed by atoms with Crippen LogP contribution in [0.1, 0.15) is 50.2 Å². The standard InChI is InChI=1S/C16H23N5/c1-13(2)21-9-7-18-16(21)11-20-8-3-4-14(10-20)15-5-6-17-12-19-15/h5-7,9,12-14H,3-4,8,10-11H2,1-2H3. The minimum absolute atomic E-state index is 0.463. The Morgan fingerprint density at radius 1 is 1.29 bits per heavy atom. The van der Waals surface area contributed by atoms with E-state index in [2.05, 4.69) is 44.5 Å². The molecule has 1 saturated heterocycles. The van der Waals surface area contributed by atoms with Gasteiger partial charge in [0.1, 0.15) is 12.2 Å². The third-order valence-electron chi connectivity index (χ3n) is 4.20. The average Bonchev–Trinajstić information content (AvgIpc) is 2.97. The first-order chi connectivity index (χ1) is 10.2. The fraction of sp³-hybridized carbons (Fsp3) is 0.562. The Hall–Kier alpha value is -1.75. The van der Waals surface area contributed by atoms with Gasteiger partial charge in [0.15, 0.2) is 0 Å². The van der Waals surface area contributed by atoms with E-state index >= 15 is 0 Å². The first-order valence-electron chi connectivity index (χ1n) is 7.74. The lowest BCUT2D eigenvalue weighted by atomic mass is 9.94. The summed E-state index contributed by atoms with van der Waals surface area (Å²) in [5.41, 5.74) is 1.17. The van der Waals surface area contributed by atoms with Gasteiger partial charge in [-0.25, -0.2) is 15.0 Å². The van der Waals surface area contributed by atoms with Crippen LogP contribution in [0, 0.1) is 0 Å². The van der Waals surface area contributed by atoms with E-state index in [1.807, 2.05) is 18.5 Å². The molecule has 21 heavy (non-hydrogen) atoms. The zero-order chi connectivity index (χ0) is 14.7. The predicted octanol–water partition coefficient (Wildman–Crippen LogP) is 2.63. The molecule has 0 aliphatic carbocycles. The van der Waals surface area contributed by atoms with Crippen molar-refractivity contribution in [2.75, 3.05) is 13.1 Å². The van der Waals surface area contributed by atoms with Crippen molar-refractivity contribution in [3.8, 4) is 0 Å². The molecule has 0 aromatic carbocycles. The third kappa shape index (κ3) is 3.29. The lowest BCUT2D eigenvalue weighted by molar-refractivity contribution is 0.191. The molecule has 0 spiro atoms. The highest BCUT2D eigenvalue weighted by Gasteiger charge is 2.23. The van der Waals surface area contributed by atoms with Gasteiger partial charge in [-0.3, -0.25) is 4.90 Å². The molecule has 1 unspecified atom stereocenters. The van der Waals surface area contributed by atoms with Crippen molar-refractivity contribution in [2.45, 2.75) is 45.2 Å². The summed E-state index contributed by atoms with van der Waals surface area (Å²) < 4.78 is 2.26. The summed E-state index contributed by atoms with van der Waals surface area (Å²) in [5, 5.41) is 0. The van der Waals surface area contributed by atoms with E-state index < -0.39 is 0 Å². The van der Waals surface area contributed by atoms with Gasteiger partial charge in [-0.1, -0.05) is 0 Å². The molecule has 0 radical (unpaired) electrons. The predicted molar refractivity (Wildman–Crippen MR) is 81.9 cm³/mol. The van der Waals surface area contributed by atoms with Crippen LogP contribution < -0.4 is 0 Å². The van der Waals surface area contributed by atoms with E-state index in [0.717, 1.165) is 25.5 Å². The largest absolute Gasteiger partial charge is 0.331 e. The number of piperidine rings is 1. The van der Waals surface area contributed by atoms with Crippen molar-refractivity contribution >= 4 is 0 Å². The molecule has 0 bridgehead atoms. The van der Waals surface area contributed by atoms with Gasteiger partial charge in [0.2, 0.25) is 0 Å². The Bertz CT molecular complexity index is 563. The Balaban J connectivity index is 1.68. The Morgan fingerprint density at radius 3 is 2.95 bits per heavy atom. The number of likely N-dealkylation sites (tertiary alicyclic amines) is 1. The number of rotatable bonds is 4. The van der Waals surface area contributed by atoms with Crippen molar-refractivity contribution in [1.29, 1.82) is 0 Å². The average molecular weight is 285 g/mol. The smallest absolute Gasteiger partial charge is 0.123 e. The maximum atomic E-state index is 4.52. The van der Waals surface area contributed by atoms with Crippen LogP contribution in [0.2, 0.25) is 0 Å². The zero-order valence-electron chi connectivity index (χ0n) is 12.8. The quantitative estimate of drug-likeness (QED) is 0.866. The number of imidazole rings is 1. The van der Waals surface area contributed by atoms with E-state index in [1.54, 1.807) is 6.33 Å². The Kier molecular flexibility index (Phi) is 4.29. The second kappa shape index (κ2) is 6.35. The summed E-state index contributed by atoms with van der Waals surface area (Å²) in [4.78, 5) is 15.5. The molecule has 1 aliphatic heterocycles. The molecular formula is C16H23N5. The third-order valence-corrected chi connectivity index (χ3v) is 4.20. The SMILES string of the molecule is CC(C)n1ccnc1CN1CCCC(c2ccncn2)C1. The van der Waals surface area contributed by atoms with E-state index in [4.69, 9.17) is 0 Å². The highest BCUT2D eigenvalue weighted by atomic mass is 15.2. The molecule has 2 aromatic rings. The second-order valence-electron chi connectivity index (χ2n) is 6.05. The maximum absolute atomic E-state index is 4.52. The Morgan fingerprint density at radius 2 is 2.19 bits per heavy atom. The van der Waals surface area contributed by atoms with Gasteiger partial charge in [0.05, 0.1) is 6.54 Å². The minimum Gasteiger partial charge on any atom is -0.331 e. The molecule has 0 N–H and O–H groups in total. The van der Waals surface area contributed by atoms with Gasteiger partial charge < -0.3 is 4.57 Å². The van der Waals surface area contributed by atoms with Crippen molar-refractivity contribution in [1.82, 2.24) is 24.4 Å². The summed E-state index contributed by atoms with van der Waals surface area (Å²) in [6, 6.07) is 2.51. The molecule has 3 heterocycles. The van der Waals surface area contributed by atoms with Crippen LogP contribution in [0.15, 0.2) is 31.0 Å². The maximum Gasteiger partial charge on any atom is 0.123 e. The van der Waals surface area contributed by atoms with Crippen molar-refractivity contribution in [3.05, 3.63) is 42.5 Å².